The summed E-state index contributed by atoms with van der Waals surface area (Å²) in [6.07, 6.45) is 6.85. The maximum Gasteiger partial charge on any atom is 0.305 e. The number of carbonyl (C=O) groups is 1. The summed E-state index contributed by atoms with van der Waals surface area (Å²) in [5, 5.41) is 12.6. The van der Waals surface area contributed by atoms with Crippen molar-refractivity contribution in [2.75, 3.05) is 5.32 Å². The SMILES string of the molecule is O=C(O)CC1(Nc2cnc3ccccc3n2)CCCCC1. The largest absolute Gasteiger partial charge is 0.481 e. The van der Waals surface area contributed by atoms with Gasteiger partial charge in [0, 0.05) is 5.54 Å². The Bertz CT molecular complexity index is 651. The molecule has 0 bridgehead atoms. The molecule has 1 aromatic carbocycles. The van der Waals surface area contributed by atoms with E-state index in [1.54, 1.807) is 6.20 Å². The van der Waals surface area contributed by atoms with Crippen LogP contribution in [0.25, 0.3) is 11.0 Å². The van der Waals surface area contributed by atoms with E-state index in [9.17, 15) is 9.90 Å². The number of para-hydroxylation sites is 2. The summed E-state index contributed by atoms with van der Waals surface area (Å²) in [5.74, 6) is -0.102. The Morgan fingerprint density at radius 1 is 1.19 bits per heavy atom. The number of rotatable bonds is 4. The fourth-order valence-corrected chi connectivity index (χ4v) is 3.15. The van der Waals surface area contributed by atoms with Crippen LogP contribution >= 0.6 is 0 Å². The second kappa shape index (κ2) is 5.68. The predicted octanol–water partition coefficient (Wildman–Crippen LogP) is 3.22. The lowest BCUT2D eigenvalue weighted by atomic mass is 9.79. The summed E-state index contributed by atoms with van der Waals surface area (Å²) < 4.78 is 0. The lowest BCUT2D eigenvalue weighted by molar-refractivity contribution is -0.138. The van der Waals surface area contributed by atoms with Crippen LogP contribution in [-0.4, -0.2) is 26.6 Å². The van der Waals surface area contributed by atoms with E-state index in [0.717, 1.165) is 36.7 Å². The number of nitrogens with zero attached hydrogens (tertiary/aromatic N) is 2. The number of carboxylic acids is 1. The topological polar surface area (TPSA) is 75.1 Å². The Labute approximate surface area is 123 Å². The summed E-state index contributed by atoms with van der Waals surface area (Å²) in [6, 6.07) is 7.68. The molecule has 0 atom stereocenters. The van der Waals surface area contributed by atoms with Crippen molar-refractivity contribution in [3.8, 4) is 0 Å². The van der Waals surface area contributed by atoms with E-state index < -0.39 is 5.97 Å². The van der Waals surface area contributed by atoms with Gasteiger partial charge in [-0.05, 0) is 25.0 Å². The van der Waals surface area contributed by atoms with E-state index in [4.69, 9.17) is 0 Å². The number of hydrogen-bond acceptors (Lipinski definition) is 4. The zero-order valence-corrected chi connectivity index (χ0v) is 11.9. The Morgan fingerprint density at radius 3 is 2.62 bits per heavy atom. The molecular weight excluding hydrogens is 266 g/mol. The van der Waals surface area contributed by atoms with Crippen molar-refractivity contribution in [3.05, 3.63) is 30.5 Å². The van der Waals surface area contributed by atoms with Gasteiger partial charge < -0.3 is 10.4 Å². The van der Waals surface area contributed by atoms with Crippen LogP contribution in [0.2, 0.25) is 0 Å². The highest BCUT2D eigenvalue weighted by Gasteiger charge is 2.34. The molecule has 0 amide bonds. The zero-order chi connectivity index (χ0) is 14.7. The van der Waals surface area contributed by atoms with Crippen molar-refractivity contribution in [2.45, 2.75) is 44.1 Å². The maximum absolute atomic E-state index is 11.2. The molecule has 3 rings (SSSR count). The number of aromatic nitrogens is 2. The molecule has 21 heavy (non-hydrogen) atoms. The molecule has 2 aromatic rings. The first kappa shape index (κ1) is 13.8. The molecule has 1 saturated carbocycles. The van der Waals surface area contributed by atoms with Gasteiger partial charge >= 0.3 is 5.97 Å². The van der Waals surface area contributed by atoms with Gasteiger partial charge in [0.05, 0.1) is 23.7 Å². The number of benzene rings is 1. The number of fused-ring (bicyclic) bond motifs is 1. The summed E-state index contributed by atoms with van der Waals surface area (Å²) in [4.78, 5) is 20.1. The molecule has 5 nitrogen and oxygen atoms in total. The molecule has 1 aromatic heterocycles. The number of aliphatic carboxylic acids is 1. The molecule has 1 aliphatic carbocycles. The van der Waals surface area contributed by atoms with Gasteiger partial charge in [0.1, 0.15) is 5.82 Å². The smallest absolute Gasteiger partial charge is 0.305 e. The molecule has 5 heteroatoms. The van der Waals surface area contributed by atoms with E-state index >= 15 is 0 Å². The van der Waals surface area contributed by atoms with E-state index in [1.807, 2.05) is 24.3 Å². The van der Waals surface area contributed by atoms with E-state index in [-0.39, 0.29) is 12.0 Å². The van der Waals surface area contributed by atoms with Gasteiger partial charge in [0.15, 0.2) is 0 Å². The molecule has 2 N–H and O–H groups in total. The van der Waals surface area contributed by atoms with Gasteiger partial charge in [-0.25, -0.2) is 4.98 Å². The minimum atomic E-state index is -0.766. The van der Waals surface area contributed by atoms with Crippen LogP contribution in [0.1, 0.15) is 38.5 Å². The monoisotopic (exact) mass is 285 g/mol. The Hall–Kier alpha value is -2.17. The standard InChI is InChI=1S/C16H19N3O2/c20-15(21)10-16(8-4-1-5-9-16)19-14-11-17-12-6-2-3-7-13(12)18-14/h2-3,6-7,11H,1,4-5,8-10H2,(H,18,19)(H,20,21). The van der Waals surface area contributed by atoms with E-state index in [2.05, 4.69) is 15.3 Å². The number of hydrogen-bond donors (Lipinski definition) is 2. The third-order valence-corrected chi connectivity index (χ3v) is 4.14. The lowest BCUT2D eigenvalue weighted by Crippen LogP contribution is -2.42. The normalized spacial score (nSPS) is 17.5. The highest BCUT2D eigenvalue weighted by molar-refractivity contribution is 5.75. The average Bonchev–Trinajstić information content (AvgIpc) is 2.47. The first-order valence-electron chi connectivity index (χ1n) is 7.39. The zero-order valence-electron chi connectivity index (χ0n) is 11.9. The number of anilines is 1. The van der Waals surface area contributed by atoms with Crippen molar-refractivity contribution in [1.82, 2.24) is 9.97 Å². The maximum atomic E-state index is 11.2. The molecule has 0 unspecified atom stereocenters. The van der Waals surface area contributed by atoms with Gasteiger partial charge in [-0.2, -0.15) is 0 Å². The first-order valence-corrected chi connectivity index (χ1v) is 7.39. The van der Waals surface area contributed by atoms with E-state index in [1.165, 1.54) is 6.42 Å². The quantitative estimate of drug-likeness (QED) is 0.902. The van der Waals surface area contributed by atoms with Crippen LogP contribution in [0.4, 0.5) is 5.82 Å². The van der Waals surface area contributed by atoms with E-state index in [0.29, 0.717) is 5.82 Å². The van der Waals surface area contributed by atoms with Gasteiger partial charge in [0.25, 0.3) is 0 Å². The summed E-state index contributed by atoms with van der Waals surface area (Å²) >= 11 is 0. The molecule has 0 saturated heterocycles. The highest BCUT2D eigenvalue weighted by Crippen LogP contribution is 2.34. The van der Waals surface area contributed by atoms with Crippen molar-refractivity contribution in [3.63, 3.8) is 0 Å². The third-order valence-electron chi connectivity index (χ3n) is 4.14. The molecule has 1 fully saturated rings. The molecule has 0 spiro atoms. The third kappa shape index (κ3) is 3.12. The molecule has 0 aliphatic heterocycles. The second-order valence-electron chi connectivity index (χ2n) is 5.78. The summed E-state index contributed by atoms with van der Waals surface area (Å²) in [5.41, 5.74) is 1.28. The molecule has 1 heterocycles. The number of carboxylic acid groups (broad SMARTS) is 1. The van der Waals surface area contributed by atoms with Gasteiger partial charge in [-0.3, -0.25) is 9.78 Å². The first-order chi connectivity index (χ1) is 10.2. The van der Waals surface area contributed by atoms with Crippen LogP contribution < -0.4 is 5.32 Å². The fourth-order valence-electron chi connectivity index (χ4n) is 3.15. The average molecular weight is 285 g/mol. The van der Waals surface area contributed by atoms with Gasteiger partial charge in [-0.1, -0.05) is 31.4 Å². The fraction of sp³-hybridized carbons (Fsp3) is 0.438. The van der Waals surface area contributed by atoms with Crippen LogP contribution in [0, 0.1) is 0 Å². The van der Waals surface area contributed by atoms with Crippen LogP contribution in [0.15, 0.2) is 30.5 Å². The van der Waals surface area contributed by atoms with Crippen molar-refractivity contribution in [1.29, 1.82) is 0 Å². The molecular formula is C16H19N3O2. The van der Waals surface area contributed by atoms with Crippen LogP contribution in [0.3, 0.4) is 0 Å². The summed E-state index contributed by atoms with van der Waals surface area (Å²) in [7, 11) is 0. The Balaban J connectivity index is 1.88. The van der Waals surface area contributed by atoms with Crippen LogP contribution in [-0.2, 0) is 4.79 Å². The van der Waals surface area contributed by atoms with Gasteiger partial charge in [0.2, 0.25) is 0 Å². The Morgan fingerprint density at radius 2 is 1.90 bits per heavy atom. The Kier molecular flexibility index (Phi) is 3.73. The lowest BCUT2D eigenvalue weighted by Gasteiger charge is -2.37. The minimum absolute atomic E-state index is 0.126. The predicted molar refractivity (Wildman–Crippen MR) is 81.2 cm³/mol. The van der Waals surface area contributed by atoms with Crippen molar-refractivity contribution in [2.24, 2.45) is 0 Å². The van der Waals surface area contributed by atoms with Gasteiger partial charge in [-0.15, -0.1) is 0 Å². The second-order valence-corrected chi connectivity index (χ2v) is 5.78. The summed E-state index contributed by atoms with van der Waals surface area (Å²) in [6.45, 7) is 0. The highest BCUT2D eigenvalue weighted by atomic mass is 16.4. The molecule has 0 radical (unpaired) electrons. The number of nitrogens with one attached hydrogen (secondary N) is 1. The molecule has 110 valence electrons. The van der Waals surface area contributed by atoms with Crippen molar-refractivity contribution < 1.29 is 9.90 Å². The minimum Gasteiger partial charge on any atom is -0.481 e. The van der Waals surface area contributed by atoms with Crippen LogP contribution in [0.5, 0.6) is 0 Å². The molecule has 1 aliphatic rings. The van der Waals surface area contributed by atoms with Crippen molar-refractivity contribution >= 4 is 22.8 Å².